The van der Waals surface area contributed by atoms with Gasteiger partial charge in [0.1, 0.15) is 34.6 Å². The van der Waals surface area contributed by atoms with Crippen LogP contribution in [0.15, 0.2) is 84.9 Å². The number of nitrogens with one attached hydrogen (secondary N) is 3. The molecule has 310 valence electrons. The van der Waals surface area contributed by atoms with E-state index < -0.39 is 74.4 Å². The first-order valence-corrected chi connectivity index (χ1v) is 22.6. The van der Waals surface area contributed by atoms with Crippen LogP contribution >= 0.6 is 11.3 Å². The van der Waals surface area contributed by atoms with Crippen LogP contribution in [-0.2, 0) is 24.4 Å². The average molecular weight is 852 g/mol. The molecular formula is C43H42FN7O7S2. The van der Waals surface area contributed by atoms with E-state index in [-0.39, 0.29) is 37.3 Å². The molecule has 3 aromatic carbocycles. The molecule has 9 rings (SSSR count). The number of aromatic nitrogens is 3. The topological polar surface area (TPSA) is 190 Å². The smallest absolute Gasteiger partial charge is 0.259 e. The molecule has 0 bridgehead atoms. The normalized spacial score (nSPS) is 24.8. The molecule has 0 unspecified atom stereocenters. The fourth-order valence-corrected chi connectivity index (χ4v) is 10.4. The van der Waals surface area contributed by atoms with Gasteiger partial charge in [-0.2, -0.15) is 0 Å². The number of hydrogen-bond acceptors (Lipinski definition) is 11. The van der Waals surface area contributed by atoms with Crippen LogP contribution in [-0.4, -0.2) is 87.4 Å². The molecule has 2 aliphatic carbocycles. The summed E-state index contributed by atoms with van der Waals surface area (Å²) in [5.74, 6) is -3.95. The molecule has 2 aromatic heterocycles. The molecule has 1 saturated heterocycles. The van der Waals surface area contributed by atoms with Crippen molar-refractivity contribution in [1.29, 1.82) is 0 Å². The maximum atomic E-state index is 14.8. The van der Waals surface area contributed by atoms with Crippen molar-refractivity contribution in [3.63, 3.8) is 0 Å². The Morgan fingerprint density at radius 3 is 2.40 bits per heavy atom. The number of fused-ring (bicyclic) bond motifs is 4. The highest BCUT2D eigenvalue weighted by Crippen LogP contribution is 2.46. The molecule has 0 radical (unpaired) electrons. The monoisotopic (exact) mass is 851 g/mol. The van der Waals surface area contributed by atoms with Crippen molar-refractivity contribution in [1.82, 2.24) is 35.2 Å². The zero-order chi connectivity index (χ0) is 41.6. The highest BCUT2D eigenvalue weighted by atomic mass is 32.2. The minimum Gasteiger partial charge on any atom is -0.471 e. The van der Waals surface area contributed by atoms with Gasteiger partial charge in [-0.3, -0.25) is 23.9 Å². The summed E-state index contributed by atoms with van der Waals surface area (Å²) >= 11 is 1.42. The molecule has 4 heterocycles. The lowest BCUT2D eigenvalue weighted by atomic mass is 10.0. The Balaban J connectivity index is 1.06. The first-order valence-electron chi connectivity index (χ1n) is 20.2. The lowest BCUT2D eigenvalue weighted by molar-refractivity contribution is -0.141. The number of amides is 4. The van der Waals surface area contributed by atoms with Crippen LogP contribution in [0.4, 0.5) is 4.39 Å². The Morgan fingerprint density at radius 2 is 1.63 bits per heavy atom. The summed E-state index contributed by atoms with van der Waals surface area (Å²) in [5.41, 5.74) is 0.524. The van der Waals surface area contributed by atoms with Crippen LogP contribution in [0, 0.1) is 11.7 Å². The largest absolute Gasteiger partial charge is 0.471 e. The minimum absolute atomic E-state index is 0.0437. The van der Waals surface area contributed by atoms with Gasteiger partial charge in [-0.05, 0) is 74.9 Å². The Hall–Kier alpha value is -5.81. The summed E-state index contributed by atoms with van der Waals surface area (Å²) in [6, 6.07) is 18.1. The molecule has 5 aromatic rings. The molecule has 60 heavy (non-hydrogen) atoms. The molecular weight excluding hydrogens is 810 g/mol. The number of thiazole rings is 1. The zero-order valence-electron chi connectivity index (χ0n) is 32.4. The van der Waals surface area contributed by atoms with Gasteiger partial charge in [0.05, 0.1) is 38.6 Å². The lowest BCUT2D eigenvalue weighted by Gasteiger charge is -2.30. The third-order valence-corrected chi connectivity index (χ3v) is 14.4. The second-order valence-electron chi connectivity index (χ2n) is 15.9. The number of carbonyl (C=O) groups excluding carboxylic acids is 4. The van der Waals surface area contributed by atoms with E-state index >= 15 is 0 Å². The van der Waals surface area contributed by atoms with Gasteiger partial charge in [0.15, 0.2) is 5.69 Å². The number of sulfonamides is 1. The Kier molecular flexibility index (Phi) is 10.6. The molecule has 2 aliphatic heterocycles. The molecule has 17 heteroatoms. The van der Waals surface area contributed by atoms with Gasteiger partial charge < -0.3 is 20.3 Å². The number of carbonyl (C=O) groups is 4. The lowest BCUT2D eigenvalue weighted by Crippen LogP contribution is -2.58. The van der Waals surface area contributed by atoms with Crippen molar-refractivity contribution >= 4 is 66.2 Å². The van der Waals surface area contributed by atoms with Crippen LogP contribution in [0.3, 0.4) is 0 Å². The first kappa shape index (κ1) is 39.6. The van der Waals surface area contributed by atoms with Crippen molar-refractivity contribution in [3.8, 4) is 16.6 Å². The number of ether oxygens (including phenoxy) is 1. The molecule has 5 atom stereocenters. The average Bonchev–Trinajstić information content (AvgIpc) is 4.13. The molecule has 4 aliphatic rings. The highest BCUT2D eigenvalue weighted by Gasteiger charge is 2.62. The number of allylic oxidation sites excluding steroid dienone is 1. The summed E-state index contributed by atoms with van der Waals surface area (Å²) in [4.78, 5) is 72.6. The van der Waals surface area contributed by atoms with Gasteiger partial charge in [-0.25, -0.2) is 27.8 Å². The van der Waals surface area contributed by atoms with E-state index in [0.717, 1.165) is 22.7 Å². The van der Waals surface area contributed by atoms with Crippen molar-refractivity contribution in [2.75, 3.05) is 6.54 Å². The van der Waals surface area contributed by atoms with Crippen LogP contribution < -0.4 is 20.1 Å². The van der Waals surface area contributed by atoms with E-state index in [1.54, 1.807) is 6.07 Å². The van der Waals surface area contributed by atoms with E-state index in [1.165, 1.54) is 34.4 Å². The summed E-state index contributed by atoms with van der Waals surface area (Å²) in [6.45, 7) is -0.116. The summed E-state index contributed by atoms with van der Waals surface area (Å²) < 4.78 is 50.4. The fourth-order valence-electron chi connectivity index (χ4n) is 8.07. The predicted molar refractivity (Wildman–Crippen MR) is 222 cm³/mol. The Labute approximate surface area is 349 Å². The van der Waals surface area contributed by atoms with E-state index in [2.05, 4.69) is 15.4 Å². The second kappa shape index (κ2) is 16.0. The second-order valence-corrected chi connectivity index (χ2v) is 18.8. The maximum Gasteiger partial charge on any atom is 0.259 e. The zero-order valence-corrected chi connectivity index (χ0v) is 34.0. The van der Waals surface area contributed by atoms with Crippen molar-refractivity contribution < 1.29 is 36.7 Å². The fraction of sp³-hybridized carbons (Fsp3) is 0.372. The van der Waals surface area contributed by atoms with Gasteiger partial charge in [0, 0.05) is 12.3 Å². The molecule has 0 spiro atoms. The number of hydrogen-bond donors (Lipinski definition) is 3. The van der Waals surface area contributed by atoms with Crippen molar-refractivity contribution in [2.24, 2.45) is 5.92 Å². The third-order valence-electron chi connectivity index (χ3n) is 11.6. The van der Waals surface area contributed by atoms with Gasteiger partial charge in [-0.1, -0.05) is 61.4 Å². The minimum atomic E-state index is -3.94. The Morgan fingerprint density at radius 1 is 0.900 bits per heavy atom. The maximum absolute atomic E-state index is 14.8. The Bertz CT molecular complexity index is 2640. The van der Waals surface area contributed by atoms with Gasteiger partial charge in [0.25, 0.3) is 11.8 Å². The van der Waals surface area contributed by atoms with E-state index in [4.69, 9.17) is 19.7 Å². The number of benzene rings is 3. The van der Waals surface area contributed by atoms with Gasteiger partial charge >= 0.3 is 0 Å². The quantitative estimate of drug-likeness (QED) is 0.175. The van der Waals surface area contributed by atoms with E-state index in [1.807, 2.05) is 54.6 Å². The van der Waals surface area contributed by atoms with Crippen LogP contribution in [0.5, 0.6) is 5.88 Å². The SMILES string of the molecule is O=C(N[C@H]1CCCCCC=C[C@@H]2C[C@@]2(C(=O)NS(=O)(=O)C2CC2)NC(=O)[C@@H]2C[C@@H](Oc3nc4ccccc4nc3-c3nc4ccccc4s3)CN2C1=O)c1ccccc1F. The van der Waals surface area contributed by atoms with Gasteiger partial charge in [0.2, 0.25) is 27.7 Å². The summed E-state index contributed by atoms with van der Waals surface area (Å²) in [6.07, 6.45) is 6.78. The third kappa shape index (κ3) is 7.95. The number of halogens is 1. The van der Waals surface area contributed by atoms with Crippen LogP contribution in [0.1, 0.15) is 68.1 Å². The van der Waals surface area contributed by atoms with Crippen LogP contribution in [0.2, 0.25) is 0 Å². The molecule has 3 fully saturated rings. The van der Waals surface area contributed by atoms with Crippen LogP contribution in [0.25, 0.3) is 32.0 Å². The number of para-hydroxylation sites is 3. The number of nitrogens with zero attached hydrogens (tertiary/aromatic N) is 4. The first-order chi connectivity index (χ1) is 29.0. The summed E-state index contributed by atoms with van der Waals surface area (Å²) in [5, 5.41) is 5.51. The molecule has 14 nitrogen and oxygen atoms in total. The van der Waals surface area contributed by atoms with Gasteiger partial charge in [-0.15, -0.1) is 11.3 Å². The molecule has 2 saturated carbocycles. The number of rotatable bonds is 8. The molecule has 3 N–H and O–H groups in total. The van der Waals surface area contributed by atoms with Crippen molar-refractivity contribution in [2.45, 2.75) is 86.8 Å². The van der Waals surface area contributed by atoms with E-state index in [0.29, 0.717) is 53.8 Å². The highest BCUT2D eigenvalue weighted by molar-refractivity contribution is 7.91. The molecule has 4 amide bonds. The van der Waals surface area contributed by atoms with Crippen molar-refractivity contribution in [3.05, 3.63) is 96.3 Å². The standard InChI is InChI=1S/C43H42FN7O7S2/c44-29-14-7-6-13-28(29)37(52)46-33-18-5-3-1-2-4-12-25-23-43(25,42(55)50-60(56,57)27-20-21-27)49-38(53)34-22-26(24-51(34)41(33)54)58-39-36(45-30-15-8-9-16-31(30)47-39)40-48-32-17-10-11-19-35(32)59-40/h4,6-17,19,25-27,33-34H,1-3,5,18,20-24H2,(H,46,52)(H,49,53)(H,50,55)/t25-,26-,33+,34+,43-/m1/s1. The predicted octanol–water partition coefficient (Wildman–Crippen LogP) is 5.20. The summed E-state index contributed by atoms with van der Waals surface area (Å²) in [7, 11) is -3.94. The van der Waals surface area contributed by atoms with E-state index in [9.17, 15) is 32.0 Å².